The van der Waals surface area contributed by atoms with Crippen molar-refractivity contribution >= 4 is 21.6 Å². The summed E-state index contributed by atoms with van der Waals surface area (Å²) in [5, 5.41) is 5.25. The summed E-state index contributed by atoms with van der Waals surface area (Å²) < 4.78 is 25.9. The SMILES string of the molecule is CC(C)C[C@H](C)n1nccc1NC(=O)[C@H](C)S(=O)(=O)C(C)C. The third-order valence-corrected chi connectivity index (χ3v) is 6.18. The molecular formula is C15H27N3O3S. The van der Waals surface area contributed by atoms with E-state index in [-0.39, 0.29) is 6.04 Å². The highest BCUT2D eigenvalue weighted by atomic mass is 32.2. The average molecular weight is 329 g/mol. The van der Waals surface area contributed by atoms with Crippen molar-refractivity contribution in [1.29, 1.82) is 0 Å². The Morgan fingerprint density at radius 3 is 2.32 bits per heavy atom. The van der Waals surface area contributed by atoms with E-state index in [0.29, 0.717) is 11.7 Å². The first kappa shape index (κ1) is 18.7. The van der Waals surface area contributed by atoms with Gasteiger partial charge in [0.05, 0.1) is 17.5 Å². The Bertz CT molecular complexity index is 605. The second kappa shape index (κ2) is 7.26. The predicted octanol–water partition coefficient (Wildman–Crippen LogP) is 2.64. The minimum Gasteiger partial charge on any atom is -0.310 e. The highest BCUT2D eigenvalue weighted by molar-refractivity contribution is 7.93. The molecule has 7 heteroatoms. The maximum atomic E-state index is 12.2. The van der Waals surface area contributed by atoms with Gasteiger partial charge in [0.2, 0.25) is 5.91 Å². The highest BCUT2D eigenvalue weighted by Gasteiger charge is 2.31. The van der Waals surface area contributed by atoms with Gasteiger partial charge in [0.15, 0.2) is 9.84 Å². The lowest BCUT2D eigenvalue weighted by Crippen LogP contribution is -2.37. The molecule has 22 heavy (non-hydrogen) atoms. The van der Waals surface area contributed by atoms with E-state index in [1.807, 2.05) is 6.92 Å². The van der Waals surface area contributed by atoms with Crippen molar-refractivity contribution in [2.45, 2.75) is 64.5 Å². The first-order valence-electron chi connectivity index (χ1n) is 7.64. The molecule has 6 nitrogen and oxygen atoms in total. The summed E-state index contributed by atoms with van der Waals surface area (Å²) in [5.41, 5.74) is 0. The van der Waals surface area contributed by atoms with Crippen molar-refractivity contribution in [3.8, 4) is 0 Å². The summed E-state index contributed by atoms with van der Waals surface area (Å²) >= 11 is 0. The summed E-state index contributed by atoms with van der Waals surface area (Å²) in [6, 6.07) is 1.81. The van der Waals surface area contributed by atoms with Crippen molar-refractivity contribution in [3.63, 3.8) is 0 Å². The zero-order valence-corrected chi connectivity index (χ0v) is 15.0. The van der Waals surface area contributed by atoms with Gasteiger partial charge in [-0.05, 0) is 40.0 Å². The Morgan fingerprint density at radius 2 is 1.82 bits per heavy atom. The van der Waals surface area contributed by atoms with E-state index < -0.39 is 26.2 Å². The Balaban J connectivity index is 2.89. The Labute approximate surface area is 133 Å². The van der Waals surface area contributed by atoms with Gasteiger partial charge in [-0.15, -0.1) is 0 Å². The average Bonchev–Trinajstić information content (AvgIpc) is 2.84. The molecule has 0 unspecified atom stereocenters. The molecular weight excluding hydrogens is 302 g/mol. The fourth-order valence-electron chi connectivity index (χ4n) is 2.33. The molecule has 0 aliphatic rings. The fraction of sp³-hybridized carbons (Fsp3) is 0.733. The van der Waals surface area contributed by atoms with E-state index in [2.05, 4.69) is 24.3 Å². The van der Waals surface area contributed by atoms with Crippen LogP contribution in [0, 0.1) is 5.92 Å². The maximum Gasteiger partial charge on any atom is 0.243 e. The van der Waals surface area contributed by atoms with E-state index in [1.165, 1.54) is 6.92 Å². The van der Waals surface area contributed by atoms with E-state index in [1.54, 1.807) is 30.8 Å². The molecule has 0 aliphatic heterocycles. The number of rotatable bonds is 7. The van der Waals surface area contributed by atoms with Gasteiger partial charge in [-0.3, -0.25) is 4.79 Å². The number of carbonyl (C=O) groups is 1. The molecule has 1 aromatic heterocycles. The van der Waals surface area contributed by atoms with Crippen LogP contribution in [0.3, 0.4) is 0 Å². The zero-order valence-electron chi connectivity index (χ0n) is 14.2. The number of hydrogen-bond acceptors (Lipinski definition) is 4. The summed E-state index contributed by atoms with van der Waals surface area (Å²) in [5.74, 6) is 0.513. The molecule has 0 spiro atoms. The molecule has 0 saturated carbocycles. The van der Waals surface area contributed by atoms with Gasteiger partial charge in [0.1, 0.15) is 11.1 Å². The van der Waals surface area contributed by atoms with Crippen LogP contribution in [0.4, 0.5) is 5.82 Å². The molecule has 1 N–H and O–H groups in total. The normalized spacial score (nSPS) is 15.1. The van der Waals surface area contributed by atoms with Crippen LogP contribution in [0.2, 0.25) is 0 Å². The van der Waals surface area contributed by atoms with Gasteiger partial charge < -0.3 is 5.32 Å². The number of amides is 1. The number of carbonyl (C=O) groups excluding carboxylic acids is 1. The van der Waals surface area contributed by atoms with Crippen LogP contribution in [0.15, 0.2) is 12.3 Å². The van der Waals surface area contributed by atoms with Crippen molar-refractivity contribution < 1.29 is 13.2 Å². The lowest BCUT2D eigenvalue weighted by atomic mass is 10.1. The third-order valence-electron chi connectivity index (χ3n) is 3.67. The van der Waals surface area contributed by atoms with Crippen molar-refractivity contribution in [2.24, 2.45) is 5.92 Å². The van der Waals surface area contributed by atoms with Gasteiger partial charge >= 0.3 is 0 Å². The zero-order chi connectivity index (χ0) is 17.1. The maximum absolute atomic E-state index is 12.2. The molecule has 1 rings (SSSR count). The van der Waals surface area contributed by atoms with Gasteiger partial charge in [-0.2, -0.15) is 5.10 Å². The lowest BCUT2D eigenvalue weighted by Gasteiger charge is -2.19. The minimum atomic E-state index is -3.47. The molecule has 126 valence electrons. The van der Waals surface area contributed by atoms with Crippen molar-refractivity contribution in [2.75, 3.05) is 5.32 Å². The number of hydrogen-bond donors (Lipinski definition) is 1. The second-order valence-corrected chi connectivity index (χ2v) is 9.24. The van der Waals surface area contributed by atoms with Crippen LogP contribution in [0.5, 0.6) is 0 Å². The summed E-state index contributed by atoms with van der Waals surface area (Å²) in [6.45, 7) is 10.8. The van der Waals surface area contributed by atoms with E-state index in [0.717, 1.165) is 6.42 Å². The monoisotopic (exact) mass is 329 g/mol. The second-order valence-electron chi connectivity index (χ2n) is 6.41. The van der Waals surface area contributed by atoms with Gasteiger partial charge in [0, 0.05) is 6.07 Å². The van der Waals surface area contributed by atoms with Crippen LogP contribution in [0.25, 0.3) is 0 Å². The van der Waals surface area contributed by atoms with Gasteiger partial charge in [-0.25, -0.2) is 13.1 Å². The topological polar surface area (TPSA) is 81.1 Å². The molecule has 1 heterocycles. The van der Waals surface area contributed by atoms with Crippen LogP contribution in [-0.4, -0.2) is 34.6 Å². The Hall–Kier alpha value is -1.37. The molecule has 0 fully saturated rings. The number of sulfone groups is 1. The first-order valence-corrected chi connectivity index (χ1v) is 9.25. The molecule has 0 saturated heterocycles. The van der Waals surface area contributed by atoms with Gasteiger partial charge in [0.25, 0.3) is 0 Å². The lowest BCUT2D eigenvalue weighted by molar-refractivity contribution is -0.115. The van der Waals surface area contributed by atoms with E-state index in [4.69, 9.17) is 0 Å². The Kier molecular flexibility index (Phi) is 6.17. The quantitative estimate of drug-likeness (QED) is 0.834. The molecule has 0 radical (unpaired) electrons. The predicted molar refractivity (Wildman–Crippen MR) is 88.5 cm³/mol. The molecule has 2 atom stereocenters. The number of aromatic nitrogens is 2. The third kappa shape index (κ3) is 4.32. The highest BCUT2D eigenvalue weighted by Crippen LogP contribution is 2.21. The Morgan fingerprint density at radius 1 is 1.23 bits per heavy atom. The van der Waals surface area contributed by atoms with Crippen LogP contribution >= 0.6 is 0 Å². The van der Waals surface area contributed by atoms with Crippen LogP contribution < -0.4 is 5.32 Å². The minimum absolute atomic E-state index is 0.127. The molecule has 1 amide bonds. The molecule has 0 aromatic carbocycles. The fourth-order valence-corrected chi connectivity index (χ4v) is 3.51. The van der Waals surface area contributed by atoms with E-state index >= 15 is 0 Å². The first-order chi connectivity index (χ1) is 10.1. The van der Waals surface area contributed by atoms with Crippen molar-refractivity contribution in [3.05, 3.63) is 12.3 Å². The largest absolute Gasteiger partial charge is 0.310 e. The van der Waals surface area contributed by atoms with Crippen LogP contribution in [-0.2, 0) is 14.6 Å². The number of anilines is 1. The smallest absolute Gasteiger partial charge is 0.243 e. The molecule has 0 bridgehead atoms. The summed E-state index contributed by atoms with van der Waals surface area (Å²) in [7, 11) is -3.47. The number of nitrogens with one attached hydrogen (secondary N) is 1. The summed E-state index contributed by atoms with van der Waals surface area (Å²) in [4.78, 5) is 12.2. The van der Waals surface area contributed by atoms with Crippen LogP contribution in [0.1, 0.15) is 54.0 Å². The van der Waals surface area contributed by atoms with Gasteiger partial charge in [-0.1, -0.05) is 13.8 Å². The van der Waals surface area contributed by atoms with Crippen molar-refractivity contribution in [1.82, 2.24) is 9.78 Å². The molecule has 0 aliphatic carbocycles. The summed E-state index contributed by atoms with van der Waals surface area (Å²) in [6.07, 6.45) is 2.53. The van der Waals surface area contributed by atoms with E-state index in [9.17, 15) is 13.2 Å². The standard InChI is InChI=1S/C15H27N3O3S/c1-10(2)9-12(5)18-14(7-8-16-18)17-15(19)13(6)22(20,21)11(3)4/h7-8,10-13H,9H2,1-6H3,(H,17,19)/t12-,13-/m0/s1. The number of nitrogens with zero attached hydrogens (tertiary/aromatic N) is 2. The molecule has 1 aromatic rings.